The van der Waals surface area contributed by atoms with Crippen molar-refractivity contribution in [3.63, 3.8) is 0 Å². The number of methoxy groups -OCH3 is 1. The lowest BCUT2D eigenvalue weighted by molar-refractivity contribution is 0.0694. The van der Waals surface area contributed by atoms with Crippen molar-refractivity contribution < 1.29 is 24.1 Å². The van der Waals surface area contributed by atoms with Crippen LogP contribution in [0, 0.1) is 11.8 Å². The molecule has 1 fully saturated rings. The molecule has 0 bridgehead atoms. The second-order valence-electron chi connectivity index (χ2n) is 8.37. The number of hydrogen-bond acceptors (Lipinski definition) is 5. The summed E-state index contributed by atoms with van der Waals surface area (Å²) in [5.74, 6) is 0.701. The van der Waals surface area contributed by atoms with E-state index in [1.807, 2.05) is 16.7 Å². The number of benzene rings is 1. The number of hydrogen-bond donors (Lipinski definition) is 1. The quantitative estimate of drug-likeness (QED) is 0.781. The number of fused-ring (bicyclic) bond motifs is 3. The van der Waals surface area contributed by atoms with Crippen molar-refractivity contribution >= 4 is 5.97 Å². The van der Waals surface area contributed by atoms with Gasteiger partial charge in [0.2, 0.25) is 0 Å². The van der Waals surface area contributed by atoms with Crippen LogP contribution in [-0.2, 0) is 11.2 Å². The van der Waals surface area contributed by atoms with E-state index in [0.717, 1.165) is 30.6 Å². The molecule has 4 rings (SSSR count). The van der Waals surface area contributed by atoms with Gasteiger partial charge >= 0.3 is 5.97 Å². The standard InChI is InChI=1S/C23H27NO6/c1-13(2)18-6-15-7-22(30-12-14-4-5-29-11-14)21(28-3)8-16(15)19-9-20(25)17(23(26)27)10-24(18)19/h7-10,13-14,18H,4-6,11-12H2,1-3H3,(H,26,27). The smallest absolute Gasteiger partial charge is 0.341 e. The van der Waals surface area contributed by atoms with Gasteiger partial charge in [-0.05, 0) is 36.5 Å². The first-order valence-electron chi connectivity index (χ1n) is 10.3. The van der Waals surface area contributed by atoms with Gasteiger partial charge in [0.05, 0.1) is 26.0 Å². The highest BCUT2D eigenvalue weighted by molar-refractivity contribution is 5.87. The minimum absolute atomic E-state index is 0.0377. The largest absolute Gasteiger partial charge is 0.493 e. The maximum Gasteiger partial charge on any atom is 0.341 e. The van der Waals surface area contributed by atoms with Crippen LogP contribution in [0.25, 0.3) is 11.3 Å². The third-order valence-electron chi connectivity index (χ3n) is 6.03. The molecule has 1 N–H and O–H groups in total. The van der Waals surface area contributed by atoms with E-state index in [1.165, 1.54) is 12.3 Å². The van der Waals surface area contributed by atoms with Crippen LogP contribution in [0.5, 0.6) is 11.5 Å². The summed E-state index contributed by atoms with van der Waals surface area (Å²) in [6.07, 6.45) is 3.18. The normalized spacial score (nSPS) is 20.0. The van der Waals surface area contributed by atoms with E-state index >= 15 is 0 Å². The molecule has 0 saturated carbocycles. The molecule has 2 aromatic rings. The van der Waals surface area contributed by atoms with Crippen LogP contribution in [0.4, 0.5) is 0 Å². The Morgan fingerprint density at radius 3 is 2.73 bits per heavy atom. The van der Waals surface area contributed by atoms with Crippen LogP contribution in [0.3, 0.4) is 0 Å². The van der Waals surface area contributed by atoms with Gasteiger partial charge in [-0.15, -0.1) is 0 Å². The Hall–Kier alpha value is -2.80. The van der Waals surface area contributed by atoms with E-state index in [4.69, 9.17) is 14.2 Å². The first-order valence-corrected chi connectivity index (χ1v) is 10.3. The second kappa shape index (κ2) is 8.14. The van der Waals surface area contributed by atoms with Gasteiger partial charge in [-0.2, -0.15) is 0 Å². The Kier molecular flexibility index (Phi) is 5.56. The first-order chi connectivity index (χ1) is 14.4. The Bertz CT molecular complexity index is 1020. The van der Waals surface area contributed by atoms with Gasteiger partial charge in [0.1, 0.15) is 5.56 Å². The van der Waals surface area contributed by atoms with Crippen molar-refractivity contribution in [2.24, 2.45) is 11.8 Å². The minimum atomic E-state index is -1.21. The van der Waals surface area contributed by atoms with Crippen LogP contribution >= 0.6 is 0 Å². The fourth-order valence-electron chi connectivity index (χ4n) is 4.29. The molecule has 0 aliphatic carbocycles. The minimum Gasteiger partial charge on any atom is -0.493 e. The molecule has 0 radical (unpaired) electrons. The maximum absolute atomic E-state index is 12.4. The molecule has 2 atom stereocenters. The summed E-state index contributed by atoms with van der Waals surface area (Å²) in [7, 11) is 1.59. The number of carbonyl (C=O) groups is 1. The maximum atomic E-state index is 12.4. The number of pyridine rings is 1. The number of carboxylic acids is 1. The summed E-state index contributed by atoms with van der Waals surface area (Å²) in [5, 5.41) is 9.40. The third kappa shape index (κ3) is 3.69. The summed E-state index contributed by atoms with van der Waals surface area (Å²) < 4.78 is 19.0. The lowest BCUT2D eigenvalue weighted by Crippen LogP contribution is -2.28. The average molecular weight is 413 g/mol. The number of aromatic carboxylic acids is 1. The predicted octanol–water partition coefficient (Wildman–Crippen LogP) is 3.39. The van der Waals surface area contributed by atoms with Crippen LogP contribution in [0.15, 0.2) is 29.2 Å². The van der Waals surface area contributed by atoms with E-state index < -0.39 is 11.4 Å². The molecular weight excluding hydrogens is 386 g/mol. The molecule has 7 nitrogen and oxygen atoms in total. The SMILES string of the molecule is COc1cc2c(cc1OCC1CCOC1)CC(C(C)C)n1cc(C(=O)O)c(=O)cc1-2. The zero-order valence-electron chi connectivity index (χ0n) is 17.5. The van der Waals surface area contributed by atoms with Gasteiger partial charge < -0.3 is 23.9 Å². The molecule has 1 aromatic heterocycles. The van der Waals surface area contributed by atoms with Crippen LogP contribution in [0.1, 0.15) is 42.2 Å². The van der Waals surface area contributed by atoms with Gasteiger partial charge in [-0.3, -0.25) is 4.79 Å². The van der Waals surface area contributed by atoms with Crippen molar-refractivity contribution in [3.8, 4) is 22.8 Å². The molecule has 30 heavy (non-hydrogen) atoms. The third-order valence-corrected chi connectivity index (χ3v) is 6.03. The lowest BCUT2D eigenvalue weighted by atomic mass is 9.87. The van der Waals surface area contributed by atoms with E-state index in [2.05, 4.69) is 13.8 Å². The zero-order valence-corrected chi connectivity index (χ0v) is 17.5. The topological polar surface area (TPSA) is 87.0 Å². The Labute approximate surface area is 175 Å². The van der Waals surface area contributed by atoms with Gasteiger partial charge in [0.15, 0.2) is 16.9 Å². The summed E-state index contributed by atoms with van der Waals surface area (Å²) in [6, 6.07) is 5.35. The first kappa shape index (κ1) is 20.5. The molecule has 7 heteroatoms. The fourth-order valence-corrected chi connectivity index (χ4v) is 4.29. The van der Waals surface area contributed by atoms with E-state index in [0.29, 0.717) is 36.3 Å². The van der Waals surface area contributed by atoms with Crippen LogP contribution < -0.4 is 14.9 Å². The van der Waals surface area contributed by atoms with Crippen molar-refractivity contribution in [2.45, 2.75) is 32.7 Å². The van der Waals surface area contributed by atoms with E-state index in [-0.39, 0.29) is 17.5 Å². The van der Waals surface area contributed by atoms with Crippen LogP contribution in [-0.4, -0.2) is 42.6 Å². The molecule has 3 heterocycles. The number of ether oxygens (including phenoxy) is 3. The van der Waals surface area contributed by atoms with E-state index in [9.17, 15) is 14.7 Å². The molecule has 0 spiro atoms. The summed E-state index contributed by atoms with van der Waals surface area (Å²) in [4.78, 5) is 23.9. The Morgan fingerprint density at radius 1 is 1.30 bits per heavy atom. The Morgan fingerprint density at radius 2 is 2.10 bits per heavy atom. The number of aromatic nitrogens is 1. The molecule has 2 aliphatic heterocycles. The summed E-state index contributed by atoms with van der Waals surface area (Å²) in [5.41, 5.74) is 1.94. The molecule has 1 saturated heterocycles. The van der Waals surface area contributed by atoms with Crippen molar-refractivity contribution in [2.75, 3.05) is 26.9 Å². The summed E-state index contributed by atoms with van der Waals surface area (Å²) in [6.45, 7) is 6.25. The van der Waals surface area contributed by atoms with E-state index in [1.54, 1.807) is 7.11 Å². The molecule has 2 unspecified atom stereocenters. The highest BCUT2D eigenvalue weighted by Gasteiger charge is 2.29. The predicted molar refractivity (Wildman–Crippen MR) is 112 cm³/mol. The van der Waals surface area contributed by atoms with Crippen molar-refractivity contribution in [1.29, 1.82) is 0 Å². The highest BCUT2D eigenvalue weighted by atomic mass is 16.5. The van der Waals surface area contributed by atoms with Gasteiger partial charge in [0.25, 0.3) is 0 Å². The average Bonchev–Trinajstić information content (AvgIpc) is 3.23. The molecule has 2 aliphatic rings. The van der Waals surface area contributed by atoms with Gasteiger partial charge in [-0.25, -0.2) is 4.79 Å². The molecule has 1 aromatic carbocycles. The monoisotopic (exact) mass is 413 g/mol. The number of carboxylic acid groups (broad SMARTS) is 1. The molecule has 0 amide bonds. The van der Waals surface area contributed by atoms with Crippen molar-refractivity contribution in [3.05, 3.63) is 45.7 Å². The Balaban J connectivity index is 1.78. The van der Waals surface area contributed by atoms with Crippen LogP contribution in [0.2, 0.25) is 0 Å². The van der Waals surface area contributed by atoms with Gasteiger partial charge in [-0.1, -0.05) is 13.8 Å². The molecule has 160 valence electrons. The second-order valence-corrected chi connectivity index (χ2v) is 8.37. The number of nitrogens with zero attached hydrogens (tertiary/aromatic N) is 1. The fraction of sp³-hybridized carbons (Fsp3) is 0.478. The lowest BCUT2D eigenvalue weighted by Gasteiger charge is -2.33. The highest BCUT2D eigenvalue weighted by Crippen LogP contribution is 2.42. The van der Waals surface area contributed by atoms with Gasteiger partial charge in [0, 0.05) is 36.4 Å². The zero-order chi connectivity index (χ0) is 21.4. The molecular formula is C23H27NO6. The van der Waals surface area contributed by atoms with Crippen molar-refractivity contribution in [1.82, 2.24) is 4.57 Å². The summed E-state index contributed by atoms with van der Waals surface area (Å²) >= 11 is 0. The number of rotatable bonds is 6.